The number of hydrogen-bond acceptors (Lipinski definition) is 5. The lowest BCUT2D eigenvalue weighted by molar-refractivity contribution is 0.250. The molecule has 148 valence electrons. The van der Waals surface area contributed by atoms with Crippen molar-refractivity contribution in [1.29, 1.82) is 0 Å². The summed E-state index contributed by atoms with van der Waals surface area (Å²) in [5, 5.41) is 0. The molecule has 4 rings (SSSR count). The van der Waals surface area contributed by atoms with Gasteiger partial charge < -0.3 is 4.57 Å². The molecule has 0 radical (unpaired) electrons. The fraction of sp³-hybridized carbons (Fsp3) is 0.500. The smallest absolute Gasteiger partial charge is 0.325 e. The topological polar surface area (TPSA) is 78.0 Å². The van der Waals surface area contributed by atoms with Gasteiger partial charge in [-0.2, -0.15) is 0 Å². The molecule has 0 amide bonds. The maximum atomic E-state index is 12.5. The number of likely N-dealkylation sites (tertiary alicyclic amines) is 1. The largest absolute Gasteiger partial charge is 0.332 e. The number of hydrogen-bond donors (Lipinski definition) is 0. The highest BCUT2D eigenvalue weighted by molar-refractivity contribution is 5.69. The minimum atomic E-state index is -0.349. The summed E-state index contributed by atoms with van der Waals surface area (Å²) in [6, 6.07) is 4.63. The summed E-state index contributed by atoms with van der Waals surface area (Å²) in [7, 11) is 3.15. The highest BCUT2D eigenvalue weighted by Crippen LogP contribution is 2.31. The van der Waals surface area contributed by atoms with Crippen molar-refractivity contribution in [2.45, 2.75) is 38.3 Å². The summed E-state index contributed by atoms with van der Waals surface area (Å²) < 4.78 is 4.44. The van der Waals surface area contributed by atoms with E-state index in [-0.39, 0.29) is 11.2 Å². The molecule has 3 aromatic rings. The van der Waals surface area contributed by atoms with Gasteiger partial charge in [0.25, 0.3) is 5.56 Å². The second-order valence-electron chi connectivity index (χ2n) is 7.50. The van der Waals surface area contributed by atoms with Crippen molar-refractivity contribution < 1.29 is 0 Å². The van der Waals surface area contributed by atoms with Crippen LogP contribution in [-0.2, 0) is 20.6 Å². The molecule has 3 aromatic heterocycles. The minimum absolute atomic E-state index is 0.285. The molecule has 1 aliphatic heterocycles. The Bertz CT molecular complexity index is 1080. The van der Waals surface area contributed by atoms with Crippen LogP contribution in [0.3, 0.4) is 0 Å². The lowest BCUT2D eigenvalue weighted by atomic mass is 10.1. The van der Waals surface area contributed by atoms with Gasteiger partial charge in [-0.25, -0.2) is 9.78 Å². The molecule has 1 aliphatic rings. The van der Waals surface area contributed by atoms with Gasteiger partial charge in [-0.15, -0.1) is 0 Å². The average Bonchev–Trinajstić information content (AvgIpc) is 3.36. The first-order chi connectivity index (χ1) is 13.6. The summed E-state index contributed by atoms with van der Waals surface area (Å²) in [6.45, 7) is 2.87. The Kier molecular flexibility index (Phi) is 5.13. The van der Waals surface area contributed by atoms with Gasteiger partial charge in [0.2, 0.25) is 0 Å². The molecule has 0 spiro atoms. The van der Waals surface area contributed by atoms with Gasteiger partial charge in [0.1, 0.15) is 0 Å². The third kappa shape index (κ3) is 3.28. The second kappa shape index (κ2) is 7.71. The Morgan fingerprint density at radius 1 is 1.14 bits per heavy atom. The maximum absolute atomic E-state index is 12.5. The van der Waals surface area contributed by atoms with Crippen molar-refractivity contribution in [2.75, 3.05) is 13.1 Å². The van der Waals surface area contributed by atoms with E-state index in [1.54, 1.807) is 13.4 Å². The van der Waals surface area contributed by atoms with Crippen LogP contribution in [0, 0.1) is 0 Å². The Hall–Kier alpha value is -2.74. The van der Waals surface area contributed by atoms with Crippen LogP contribution >= 0.6 is 0 Å². The number of aromatic nitrogens is 5. The van der Waals surface area contributed by atoms with E-state index in [1.807, 2.05) is 23.0 Å². The Balaban J connectivity index is 1.41. The molecule has 1 atom stereocenters. The number of nitrogens with zero attached hydrogens (tertiary/aromatic N) is 6. The average molecular weight is 382 g/mol. The van der Waals surface area contributed by atoms with Gasteiger partial charge in [0.05, 0.1) is 6.33 Å². The number of pyridine rings is 1. The van der Waals surface area contributed by atoms with E-state index in [0.717, 1.165) is 37.0 Å². The second-order valence-corrected chi connectivity index (χ2v) is 7.50. The van der Waals surface area contributed by atoms with Crippen molar-refractivity contribution in [3.63, 3.8) is 0 Å². The van der Waals surface area contributed by atoms with Gasteiger partial charge in [-0.1, -0.05) is 6.07 Å². The minimum Gasteiger partial charge on any atom is -0.325 e. The van der Waals surface area contributed by atoms with Crippen molar-refractivity contribution >= 4 is 11.2 Å². The number of rotatable bonds is 6. The van der Waals surface area contributed by atoms with Crippen LogP contribution in [0.1, 0.15) is 37.3 Å². The molecule has 0 aromatic carbocycles. The monoisotopic (exact) mass is 382 g/mol. The molecule has 1 unspecified atom stereocenters. The van der Waals surface area contributed by atoms with E-state index in [9.17, 15) is 9.59 Å². The number of imidazole rings is 1. The van der Waals surface area contributed by atoms with Crippen LogP contribution in [0.5, 0.6) is 0 Å². The quantitative estimate of drug-likeness (QED) is 0.603. The molecule has 28 heavy (non-hydrogen) atoms. The molecule has 0 N–H and O–H groups in total. The Labute approximate surface area is 163 Å². The first kappa shape index (κ1) is 18.6. The molecule has 0 aliphatic carbocycles. The lowest BCUT2D eigenvalue weighted by Gasteiger charge is -2.24. The van der Waals surface area contributed by atoms with E-state index in [4.69, 9.17) is 0 Å². The number of unbranched alkanes of at least 4 members (excludes halogenated alkanes) is 1. The summed E-state index contributed by atoms with van der Waals surface area (Å²) in [5.41, 5.74) is 1.61. The van der Waals surface area contributed by atoms with Crippen molar-refractivity contribution in [2.24, 2.45) is 14.1 Å². The zero-order chi connectivity index (χ0) is 19.7. The van der Waals surface area contributed by atoms with Crippen LogP contribution in [0.25, 0.3) is 11.2 Å². The fourth-order valence-corrected chi connectivity index (χ4v) is 4.21. The predicted octanol–water partition coefficient (Wildman–Crippen LogP) is 1.45. The molecule has 1 fully saturated rings. The van der Waals surface area contributed by atoms with E-state index in [2.05, 4.69) is 20.9 Å². The van der Waals surface area contributed by atoms with Crippen LogP contribution < -0.4 is 11.2 Å². The number of fused-ring (bicyclic) bond motifs is 1. The van der Waals surface area contributed by atoms with Gasteiger partial charge in [-0.05, 0) is 50.4 Å². The Morgan fingerprint density at radius 3 is 2.75 bits per heavy atom. The van der Waals surface area contributed by atoms with Crippen LogP contribution in [0.15, 0.2) is 40.4 Å². The normalized spacial score (nSPS) is 17.6. The molecular formula is C20H26N6O2. The molecule has 0 bridgehead atoms. The van der Waals surface area contributed by atoms with Gasteiger partial charge in [0.15, 0.2) is 11.2 Å². The summed E-state index contributed by atoms with van der Waals surface area (Å²) >= 11 is 0. The van der Waals surface area contributed by atoms with Crippen molar-refractivity contribution in [3.05, 3.63) is 57.3 Å². The molecular weight excluding hydrogens is 356 g/mol. The maximum Gasteiger partial charge on any atom is 0.332 e. The number of aryl methyl sites for hydroxylation is 2. The van der Waals surface area contributed by atoms with Gasteiger partial charge >= 0.3 is 5.69 Å². The standard InChI is InChI=1S/C20H26N6O2/c1-23-18-17(19(27)24(2)20(23)28)26(14-22-18)11-4-3-10-25-12-6-8-16(25)15-7-5-9-21-13-15/h5,7,9,13-14,16H,3-4,6,8,10-12H2,1-2H3. The van der Waals surface area contributed by atoms with Gasteiger partial charge in [0, 0.05) is 39.1 Å². The molecule has 8 heteroatoms. The predicted molar refractivity (Wildman–Crippen MR) is 107 cm³/mol. The molecule has 4 heterocycles. The van der Waals surface area contributed by atoms with E-state index < -0.39 is 0 Å². The summed E-state index contributed by atoms with van der Waals surface area (Å²) in [5.74, 6) is 0. The third-order valence-corrected chi connectivity index (χ3v) is 5.74. The van der Waals surface area contributed by atoms with Crippen LogP contribution in [0.4, 0.5) is 0 Å². The molecule has 8 nitrogen and oxygen atoms in total. The van der Waals surface area contributed by atoms with Crippen molar-refractivity contribution in [1.82, 2.24) is 28.6 Å². The Morgan fingerprint density at radius 2 is 1.96 bits per heavy atom. The van der Waals surface area contributed by atoms with Crippen molar-refractivity contribution in [3.8, 4) is 0 Å². The first-order valence-corrected chi connectivity index (χ1v) is 9.82. The van der Waals surface area contributed by atoms with Crippen LogP contribution in [0.2, 0.25) is 0 Å². The van der Waals surface area contributed by atoms with Crippen LogP contribution in [-0.4, -0.2) is 41.7 Å². The van der Waals surface area contributed by atoms with E-state index in [1.165, 1.54) is 30.0 Å². The molecule has 1 saturated heterocycles. The lowest BCUT2D eigenvalue weighted by Crippen LogP contribution is -2.37. The SMILES string of the molecule is Cn1c(=O)c2c(ncn2CCCCN2CCCC2c2cccnc2)n(C)c1=O. The summed E-state index contributed by atoms with van der Waals surface area (Å²) in [4.78, 5) is 35.6. The van der Waals surface area contributed by atoms with E-state index >= 15 is 0 Å². The first-order valence-electron chi connectivity index (χ1n) is 9.82. The zero-order valence-corrected chi connectivity index (χ0v) is 16.4. The zero-order valence-electron chi connectivity index (χ0n) is 16.4. The highest BCUT2D eigenvalue weighted by Gasteiger charge is 2.25. The molecule has 0 saturated carbocycles. The fourth-order valence-electron chi connectivity index (χ4n) is 4.21. The van der Waals surface area contributed by atoms with E-state index in [0.29, 0.717) is 17.2 Å². The summed E-state index contributed by atoms with van der Waals surface area (Å²) in [6.07, 6.45) is 9.85. The van der Waals surface area contributed by atoms with Gasteiger partial charge in [-0.3, -0.25) is 23.8 Å². The highest BCUT2D eigenvalue weighted by atomic mass is 16.2. The third-order valence-electron chi connectivity index (χ3n) is 5.74.